The Morgan fingerprint density at radius 1 is 1.18 bits per heavy atom. The molecule has 1 aromatic carbocycles. The fourth-order valence-electron chi connectivity index (χ4n) is 5.28. The van der Waals surface area contributed by atoms with Gasteiger partial charge in [-0.3, -0.25) is 4.79 Å². The predicted octanol–water partition coefficient (Wildman–Crippen LogP) is 3.49. The molecule has 1 aliphatic carbocycles. The highest BCUT2D eigenvalue weighted by Crippen LogP contribution is 2.34. The summed E-state index contributed by atoms with van der Waals surface area (Å²) in [5, 5.41) is 3.35. The smallest absolute Gasteiger partial charge is 0.259 e. The Balaban J connectivity index is 1.55. The number of rotatable bonds is 5. The van der Waals surface area contributed by atoms with Crippen molar-refractivity contribution in [2.45, 2.75) is 56.8 Å². The van der Waals surface area contributed by atoms with Gasteiger partial charge in [0.2, 0.25) is 0 Å². The first-order valence-corrected chi connectivity index (χ1v) is 12.2. The molecule has 1 unspecified atom stereocenters. The summed E-state index contributed by atoms with van der Waals surface area (Å²) in [6.07, 6.45) is 9.40. The summed E-state index contributed by atoms with van der Waals surface area (Å²) >= 11 is 0. The van der Waals surface area contributed by atoms with E-state index in [0.29, 0.717) is 43.7 Å². The van der Waals surface area contributed by atoms with Crippen LogP contribution in [0.15, 0.2) is 49.2 Å². The van der Waals surface area contributed by atoms with E-state index in [2.05, 4.69) is 33.9 Å². The molecule has 2 aromatic rings. The molecule has 1 aromatic heterocycles. The van der Waals surface area contributed by atoms with Gasteiger partial charge in [0.1, 0.15) is 17.5 Å². The van der Waals surface area contributed by atoms with Gasteiger partial charge in [0.15, 0.2) is 5.82 Å². The van der Waals surface area contributed by atoms with Crippen LogP contribution in [0, 0.1) is 0 Å². The van der Waals surface area contributed by atoms with Crippen LogP contribution in [0.25, 0.3) is 0 Å². The van der Waals surface area contributed by atoms with Gasteiger partial charge in [-0.15, -0.1) is 6.58 Å². The minimum absolute atomic E-state index is 0.00448. The zero-order chi connectivity index (χ0) is 22.6. The Bertz CT molecular complexity index is 970. The number of fused-ring (bicyclic) bond motifs is 1. The van der Waals surface area contributed by atoms with Gasteiger partial charge in [-0.05, 0) is 18.4 Å². The summed E-state index contributed by atoms with van der Waals surface area (Å²) < 4.78 is 5.93. The van der Waals surface area contributed by atoms with Crippen LogP contribution in [-0.4, -0.2) is 59.1 Å². The summed E-state index contributed by atoms with van der Waals surface area (Å²) in [6, 6.07) is 10.5. The highest BCUT2D eigenvalue weighted by Gasteiger charge is 2.37. The van der Waals surface area contributed by atoms with Crippen molar-refractivity contribution in [1.29, 1.82) is 0 Å². The first-order chi connectivity index (χ1) is 16.2. The minimum atomic E-state index is -0.196. The Morgan fingerprint density at radius 2 is 2.00 bits per heavy atom. The number of carbonyl (C=O) groups excluding carboxylic acids is 1. The lowest BCUT2D eigenvalue weighted by atomic mass is 9.93. The van der Waals surface area contributed by atoms with Crippen LogP contribution >= 0.6 is 0 Å². The molecular formula is C26H33N5O2. The lowest BCUT2D eigenvalue weighted by Crippen LogP contribution is -2.48. The number of benzene rings is 1. The lowest BCUT2D eigenvalue weighted by Gasteiger charge is -2.40. The van der Waals surface area contributed by atoms with E-state index >= 15 is 0 Å². The molecule has 5 rings (SSSR count). The van der Waals surface area contributed by atoms with Gasteiger partial charge in [0, 0.05) is 38.4 Å². The Labute approximate surface area is 195 Å². The molecule has 0 spiro atoms. The molecule has 0 radical (unpaired) electrons. The van der Waals surface area contributed by atoms with Crippen LogP contribution in [-0.2, 0) is 11.3 Å². The third-order valence-corrected chi connectivity index (χ3v) is 6.99. The molecule has 1 saturated heterocycles. The van der Waals surface area contributed by atoms with Crippen LogP contribution in [0.5, 0.6) is 0 Å². The number of ether oxygens (including phenoxy) is 1. The fraction of sp³-hybridized carbons (Fsp3) is 0.500. The van der Waals surface area contributed by atoms with Crippen LogP contribution in [0.4, 0.5) is 5.82 Å². The second kappa shape index (κ2) is 10.0. The molecule has 2 fully saturated rings. The summed E-state index contributed by atoms with van der Waals surface area (Å²) in [7, 11) is 0. The van der Waals surface area contributed by atoms with Gasteiger partial charge in [-0.1, -0.05) is 55.7 Å². The van der Waals surface area contributed by atoms with Crippen molar-refractivity contribution < 1.29 is 9.53 Å². The SMILES string of the molecule is C=C[C@H]1CN(Cc2ccccc2)C(=O)c2cnc(C3CNCCO3)nc2N1C1CCCCC1. The highest BCUT2D eigenvalue weighted by atomic mass is 16.5. The number of anilines is 1. The molecule has 3 heterocycles. The van der Waals surface area contributed by atoms with Gasteiger partial charge in [-0.25, -0.2) is 9.97 Å². The molecule has 3 aliphatic rings. The minimum Gasteiger partial charge on any atom is -0.368 e. The Morgan fingerprint density at radius 3 is 2.73 bits per heavy atom. The maximum atomic E-state index is 13.8. The van der Waals surface area contributed by atoms with Gasteiger partial charge in [0.25, 0.3) is 5.91 Å². The number of aromatic nitrogens is 2. The third kappa shape index (κ3) is 4.66. The van der Waals surface area contributed by atoms with Crippen molar-refractivity contribution in [1.82, 2.24) is 20.2 Å². The number of carbonyl (C=O) groups is 1. The first kappa shape index (κ1) is 22.0. The zero-order valence-electron chi connectivity index (χ0n) is 19.2. The van der Waals surface area contributed by atoms with Crippen LogP contribution < -0.4 is 10.2 Å². The van der Waals surface area contributed by atoms with Crippen LogP contribution in [0.3, 0.4) is 0 Å². The van der Waals surface area contributed by atoms with Crippen molar-refractivity contribution in [3.63, 3.8) is 0 Å². The second-order valence-corrected chi connectivity index (χ2v) is 9.20. The van der Waals surface area contributed by atoms with Gasteiger partial charge >= 0.3 is 0 Å². The fourth-order valence-corrected chi connectivity index (χ4v) is 5.28. The van der Waals surface area contributed by atoms with Crippen molar-refractivity contribution in [3.05, 3.63) is 66.1 Å². The number of nitrogens with zero attached hydrogens (tertiary/aromatic N) is 4. The Hall–Kier alpha value is -2.77. The highest BCUT2D eigenvalue weighted by molar-refractivity contribution is 5.99. The number of amides is 1. The third-order valence-electron chi connectivity index (χ3n) is 6.99. The standard InChI is InChI=1S/C26H33N5O2/c1-2-20-18-30(17-19-9-5-3-6-10-19)26(32)22-15-28-24(23-16-27-13-14-33-23)29-25(22)31(20)21-11-7-4-8-12-21/h2-3,5-6,9-10,15,20-21,23,27H,1,4,7-8,11-14,16-18H2/t20-,23?/m0/s1. The summed E-state index contributed by atoms with van der Waals surface area (Å²) in [4.78, 5) is 27.7. The topological polar surface area (TPSA) is 70.6 Å². The molecule has 2 atom stereocenters. The van der Waals surface area contributed by atoms with Crippen molar-refractivity contribution >= 4 is 11.7 Å². The number of morpholine rings is 1. The molecule has 0 bridgehead atoms. The van der Waals surface area contributed by atoms with Gasteiger partial charge in [0.05, 0.1) is 12.6 Å². The van der Waals surface area contributed by atoms with Crippen molar-refractivity contribution in [2.24, 2.45) is 0 Å². The van der Waals surface area contributed by atoms with E-state index in [1.54, 1.807) is 6.20 Å². The maximum absolute atomic E-state index is 13.8. The number of hydrogen-bond donors (Lipinski definition) is 1. The molecule has 1 saturated carbocycles. The molecular weight excluding hydrogens is 414 g/mol. The summed E-state index contributed by atoms with van der Waals surface area (Å²) in [6.45, 7) is 7.46. The van der Waals surface area contributed by atoms with Gasteiger partial charge in [-0.2, -0.15) is 0 Å². The van der Waals surface area contributed by atoms with E-state index in [0.717, 1.165) is 30.8 Å². The normalized spacial score (nSPS) is 24.3. The van der Waals surface area contributed by atoms with Crippen LogP contribution in [0.1, 0.15) is 60.0 Å². The largest absolute Gasteiger partial charge is 0.368 e. The molecule has 7 heteroatoms. The van der Waals surface area contributed by atoms with Crippen LogP contribution in [0.2, 0.25) is 0 Å². The monoisotopic (exact) mass is 447 g/mol. The zero-order valence-corrected chi connectivity index (χ0v) is 19.2. The molecule has 2 aliphatic heterocycles. The van der Waals surface area contributed by atoms with E-state index in [1.165, 1.54) is 19.3 Å². The Kier molecular flexibility index (Phi) is 6.69. The lowest BCUT2D eigenvalue weighted by molar-refractivity contribution is 0.0221. The average Bonchev–Trinajstić information content (AvgIpc) is 2.99. The molecule has 33 heavy (non-hydrogen) atoms. The molecule has 1 amide bonds. The number of hydrogen-bond acceptors (Lipinski definition) is 6. The van der Waals surface area contributed by atoms with E-state index in [9.17, 15) is 4.79 Å². The van der Waals surface area contributed by atoms with E-state index in [4.69, 9.17) is 9.72 Å². The molecule has 1 N–H and O–H groups in total. The molecule has 174 valence electrons. The average molecular weight is 448 g/mol. The van der Waals surface area contributed by atoms with E-state index in [-0.39, 0.29) is 18.1 Å². The van der Waals surface area contributed by atoms with E-state index < -0.39 is 0 Å². The molecule has 7 nitrogen and oxygen atoms in total. The van der Waals surface area contributed by atoms with Crippen molar-refractivity contribution in [3.8, 4) is 0 Å². The predicted molar refractivity (Wildman–Crippen MR) is 128 cm³/mol. The van der Waals surface area contributed by atoms with Gasteiger partial charge < -0.3 is 19.9 Å². The quantitative estimate of drug-likeness (QED) is 0.708. The van der Waals surface area contributed by atoms with Crippen molar-refractivity contribution in [2.75, 3.05) is 31.1 Å². The van der Waals surface area contributed by atoms with E-state index in [1.807, 2.05) is 29.2 Å². The first-order valence-electron chi connectivity index (χ1n) is 12.2. The summed E-state index contributed by atoms with van der Waals surface area (Å²) in [5.41, 5.74) is 1.69. The maximum Gasteiger partial charge on any atom is 0.259 e. The number of nitrogens with one attached hydrogen (secondary N) is 1. The summed E-state index contributed by atoms with van der Waals surface area (Å²) in [5.74, 6) is 1.37. The second-order valence-electron chi connectivity index (χ2n) is 9.20.